The van der Waals surface area contributed by atoms with Gasteiger partial charge in [0.1, 0.15) is 6.61 Å². The highest BCUT2D eigenvalue weighted by atomic mass is 16.5. The van der Waals surface area contributed by atoms with Crippen LogP contribution in [0, 0.1) is 5.92 Å². The maximum absolute atomic E-state index is 11.7. The van der Waals surface area contributed by atoms with Gasteiger partial charge in [0, 0.05) is 5.92 Å². The number of methoxy groups -OCH3 is 1. The summed E-state index contributed by atoms with van der Waals surface area (Å²) in [6.07, 6.45) is 1.79. The van der Waals surface area contributed by atoms with Crippen molar-refractivity contribution in [3.63, 3.8) is 0 Å². The average Bonchev–Trinajstić information content (AvgIpc) is 2.43. The number of hydrogen-bond acceptors (Lipinski definition) is 3. The molecule has 0 heterocycles. The van der Waals surface area contributed by atoms with Crippen LogP contribution in [0.25, 0.3) is 0 Å². The Morgan fingerprint density at radius 2 is 2.00 bits per heavy atom. The summed E-state index contributed by atoms with van der Waals surface area (Å²) < 4.78 is 10.8. The van der Waals surface area contributed by atoms with Crippen LogP contribution in [0.5, 0.6) is 11.5 Å². The van der Waals surface area contributed by atoms with Gasteiger partial charge >= 0.3 is 0 Å². The molecule has 100 valence electrons. The molecule has 0 aliphatic heterocycles. The van der Waals surface area contributed by atoms with E-state index in [0.29, 0.717) is 11.5 Å². The fourth-order valence-corrected chi connectivity index (χ4v) is 1.57. The number of hydrogen-bond donors (Lipinski definition) is 0. The van der Waals surface area contributed by atoms with E-state index < -0.39 is 0 Å². The quantitative estimate of drug-likeness (QED) is 0.745. The van der Waals surface area contributed by atoms with Gasteiger partial charge in [0.25, 0.3) is 0 Å². The third-order valence-corrected chi connectivity index (χ3v) is 3.17. The monoisotopic (exact) mass is 250 g/mol. The Morgan fingerprint density at radius 3 is 2.56 bits per heavy atom. The number of aryl methyl sites for hydroxylation is 1. The molecule has 1 atom stereocenters. The fourth-order valence-electron chi connectivity index (χ4n) is 1.57. The average molecular weight is 250 g/mol. The van der Waals surface area contributed by atoms with Gasteiger partial charge < -0.3 is 9.47 Å². The summed E-state index contributed by atoms with van der Waals surface area (Å²) in [4.78, 5) is 11.7. The molecule has 0 saturated heterocycles. The van der Waals surface area contributed by atoms with E-state index in [1.165, 1.54) is 5.56 Å². The van der Waals surface area contributed by atoms with Gasteiger partial charge in [-0.25, -0.2) is 0 Å². The van der Waals surface area contributed by atoms with Gasteiger partial charge in [-0.3, -0.25) is 4.79 Å². The topological polar surface area (TPSA) is 35.5 Å². The highest BCUT2D eigenvalue weighted by Crippen LogP contribution is 2.28. The second-order valence-electron chi connectivity index (χ2n) is 4.40. The van der Waals surface area contributed by atoms with Gasteiger partial charge in [0.2, 0.25) is 0 Å². The van der Waals surface area contributed by atoms with Crippen LogP contribution >= 0.6 is 0 Å². The van der Waals surface area contributed by atoms with E-state index in [1.807, 2.05) is 32.0 Å². The molecule has 3 nitrogen and oxygen atoms in total. The lowest BCUT2D eigenvalue weighted by molar-refractivity contribution is -0.124. The normalized spacial score (nSPS) is 12.0. The van der Waals surface area contributed by atoms with Crippen LogP contribution in [0.4, 0.5) is 0 Å². The van der Waals surface area contributed by atoms with Crippen LogP contribution in [0.1, 0.15) is 32.8 Å². The lowest BCUT2D eigenvalue weighted by Gasteiger charge is -2.13. The largest absolute Gasteiger partial charge is 0.493 e. The molecule has 0 aliphatic carbocycles. The van der Waals surface area contributed by atoms with E-state index in [2.05, 4.69) is 6.92 Å². The zero-order valence-corrected chi connectivity index (χ0v) is 11.7. The Balaban J connectivity index is 2.70. The number of carbonyl (C=O) groups excluding carboxylic acids is 1. The Morgan fingerprint density at radius 1 is 1.28 bits per heavy atom. The Hall–Kier alpha value is -1.51. The molecule has 0 saturated carbocycles. The molecule has 1 rings (SSSR count). The summed E-state index contributed by atoms with van der Waals surface area (Å²) in [5, 5.41) is 0. The molecule has 0 amide bonds. The third-order valence-electron chi connectivity index (χ3n) is 3.17. The number of rotatable bonds is 7. The van der Waals surface area contributed by atoms with Crippen molar-refractivity contribution in [3.8, 4) is 11.5 Å². The molecule has 0 aromatic heterocycles. The van der Waals surface area contributed by atoms with Crippen molar-refractivity contribution in [3.05, 3.63) is 23.8 Å². The van der Waals surface area contributed by atoms with E-state index in [1.54, 1.807) is 7.11 Å². The minimum Gasteiger partial charge on any atom is -0.493 e. The van der Waals surface area contributed by atoms with Crippen molar-refractivity contribution < 1.29 is 14.3 Å². The zero-order valence-electron chi connectivity index (χ0n) is 11.7. The molecule has 0 N–H and O–H groups in total. The second-order valence-corrected chi connectivity index (χ2v) is 4.40. The third kappa shape index (κ3) is 3.76. The van der Waals surface area contributed by atoms with Crippen LogP contribution in [0.15, 0.2) is 18.2 Å². The number of benzene rings is 1. The lowest BCUT2D eigenvalue weighted by Crippen LogP contribution is -2.18. The number of carbonyl (C=O) groups is 1. The molecule has 0 radical (unpaired) electrons. The van der Waals surface area contributed by atoms with E-state index in [4.69, 9.17) is 9.47 Å². The van der Waals surface area contributed by atoms with E-state index in [-0.39, 0.29) is 18.3 Å². The maximum atomic E-state index is 11.7. The summed E-state index contributed by atoms with van der Waals surface area (Å²) in [5.41, 5.74) is 1.19. The van der Waals surface area contributed by atoms with Crippen molar-refractivity contribution >= 4 is 5.78 Å². The Kier molecular flexibility index (Phi) is 5.69. The number of ether oxygens (including phenoxy) is 2. The van der Waals surface area contributed by atoms with Crippen molar-refractivity contribution in [1.29, 1.82) is 0 Å². The van der Waals surface area contributed by atoms with Crippen molar-refractivity contribution in [2.45, 2.75) is 33.6 Å². The van der Waals surface area contributed by atoms with Crippen LogP contribution in [0.2, 0.25) is 0 Å². The molecule has 0 spiro atoms. The van der Waals surface area contributed by atoms with Gasteiger partial charge in [-0.15, -0.1) is 0 Å². The number of ketones is 1. The lowest BCUT2D eigenvalue weighted by atomic mass is 10.0. The number of Topliss-reactive ketones (excluding diaryl/α,β-unsaturated/α-hetero) is 1. The summed E-state index contributed by atoms with van der Waals surface area (Å²) in [6, 6.07) is 5.80. The summed E-state index contributed by atoms with van der Waals surface area (Å²) in [7, 11) is 1.61. The van der Waals surface area contributed by atoms with Crippen molar-refractivity contribution in [2.75, 3.05) is 13.7 Å². The van der Waals surface area contributed by atoms with Gasteiger partial charge in [-0.2, -0.15) is 0 Å². The molecule has 3 heteroatoms. The molecular formula is C15H22O3. The van der Waals surface area contributed by atoms with Crippen molar-refractivity contribution in [1.82, 2.24) is 0 Å². The summed E-state index contributed by atoms with van der Waals surface area (Å²) in [6.45, 7) is 6.11. The minimum atomic E-state index is 0.0471. The molecule has 1 aromatic rings. The van der Waals surface area contributed by atoms with Gasteiger partial charge in [0.15, 0.2) is 17.3 Å². The summed E-state index contributed by atoms with van der Waals surface area (Å²) in [5.74, 6) is 1.49. The smallest absolute Gasteiger partial charge is 0.172 e. The Bertz CT molecular complexity index is 399. The predicted octanol–water partition coefficient (Wildman–Crippen LogP) is 3.25. The highest BCUT2D eigenvalue weighted by Gasteiger charge is 2.13. The second kappa shape index (κ2) is 7.04. The molecule has 0 aliphatic rings. The molecular weight excluding hydrogens is 228 g/mol. The molecule has 0 bridgehead atoms. The summed E-state index contributed by atoms with van der Waals surface area (Å²) >= 11 is 0. The first-order valence-corrected chi connectivity index (χ1v) is 6.44. The predicted molar refractivity (Wildman–Crippen MR) is 72.3 cm³/mol. The molecule has 0 fully saturated rings. The van der Waals surface area contributed by atoms with E-state index in [0.717, 1.165) is 12.8 Å². The standard InChI is InChI=1S/C15H22O3/c1-5-11(3)13(16)10-18-14-8-7-12(6-2)9-15(14)17-4/h7-9,11H,5-6,10H2,1-4H3. The van der Waals surface area contributed by atoms with E-state index >= 15 is 0 Å². The zero-order chi connectivity index (χ0) is 13.5. The van der Waals surface area contributed by atoms with Crippen LogP contribution in [0.3, 0.4) is 0 Å². The minimum absolute atomic E-state index is 0.0471. The van der Waals surface area contributed by atoms with Crippen molar-refractivity contribution in [2.24, 2.45) is 5.92 Å². The Labute approximate surface area is 109 Å². The van der Waals surface area contributed by atoms with Gasteiger partial charge in [0.05, 0.1) is 7.11 Å². The highest BCUT2D eigenvalue weighted by molar-refractivity contribution is 5.82. The van der Waals surface area contributed by atoms with Crippen LogP contribution in [-0.4, -0.2) is 19.5 Å². The first-order chi connectivity index (χ1) is 8.62. The van der Waals surface area contributed by atoms with Gasteiger partial charge in [-0.05, 0) is 30.5 Å². The molecule has 1 unspecified atom stereocenters. The van der Waals surface area contributed by atoms with Crippen LogP contribution in [-0.2, 0) is 11.2 Å². The first-order valence-electron chi connectivity index (χ1n) is 6.44. The van der Waals surface area contributed by atoms with E-state index in [9.17, 15) is 4.79 Å². The fraction of sp³-hybridized carbons (Fsp3) is 0.533. The first kappa shape index (κ1) is 14.6. The molecule has 18 heavy (non-hydrogen) atoms. The van der Waals surface area contributed by atoms with Gasteiger partial charge in [-0.1, -0.05) is 26.8 Å². The maximum Gasteiger partial charge on any atom is 0.172 e. The SMILES string of the molecule is CCc1ccc(OCC(=O)C(C)CC)c(OC)c1. The van der Waals surface area contributed by atoms with Crippen LogP contribution < -0.4 is 9.47 Å². The molecule has 1 aromatic carbocycles.